The smallest absolute Gasteiger partial charge is 0.207 e. The molecule has 1 aliphatic carbocycles. The minimum atomic E-state index is -0.386. The van der Waals surface area contributed by atoms with Gasteiger partial charge in [0.1, 0.15) is 29.7 Å². The molecule has 30 heavy (non-hydrogen) atoms. The predicted molar refractivity (Wildman–Crippen MR) is 109 cm³/mol. The fourth-order valence-electron chi connectivity index (χ4n) is 3.80. The molecule has 1 saturated carbocycles. The molecule has 1 aliphatic heterocycles. The van der Waals surface area contributed by atoms with Crippen LogP contribution in [0.3, 0.4) is 0 Å². The topological polar surface area (TPSA) is 54.0 Å². The van der Waals surface area contributed by atoms with Crippen molar-refractivity contribution in [2.45, 2.75) is 38.1 Å². The van der Waals surface area contributed by atoms with Crippen molar-refractivity contribution in [2.24, 2.45) is 5.92 Å². The number of fused-ring (bicyclic) bond motifs is 1. The van der Waals surface area contributed by atoms with Gasteiger partial charge < -0.3 is 18.9 Å². The van der Waals surface area contributed by atoms with E-state index in [1.54, 1.807) is 43.5 Å². The second-order valence-corrected chi connectivity index (χ2v) is 7.76. The van der Waals surface area contributed by atoms with E-state index in [2.05, 4.69) is 0 Å². The number of methoxy groups -OCH3 is 1. The number of allylic oxidation sites excluding steroid dienone is 1. The molecule has 0 saturated heterocycles. The van der Waals surface area contributed by atoms with E-state index < -0.39 is 0 Å². The van der Waals surface area contributed by atoms with E-state index in [0.717, 1.165) is 0 Å². The van der Waals surface area contributed by atoms with Crippen LogP contribution in [0, 0.1) is 11.7 Å². The van der Waals surface area contributed by atoms with Crippen LogP contribution in [-0.2, 0) is 20.9 Å². The lowest BCUT2D eigenvalue weighted by Crippen LogP contribution is -2.42. The number of hydrogen-bond donors (Lipinski definition) is 0. The van der Waals surface area contributed by atoms with Crippen LogP contribution in [0.2, 0.25) is 5.02 Å². The van der Waals surface area contributed by atoms with Gasteiger partial charge in [0.2, 0.25) is 11.5 Å². The first kappa shape index (κ1) is 20.7. The highest BCUT2D eigenvalue weighted by Gasteiger charge is 2.41. The van der Waals surface area contributed by atoms with Gasteiger partial charge in [-0.15, -0.1) is 0 Å². The highest BCUT2D eigenvalue weighted by atomic mass is 35.5. The lowest BCUT2D eigenvalue weighted by molar-refractivity contribution is -0.134. The van der Waals surface area contributed by atoms with Crippen molar-refractivity contribution in [2.75, 3.05) is 7.11 Å². The maximum absolute atomic E-state index is 13.9. The van der Waals surface area contributed by atoms with E-state index in [9.17, 15) is 9.18 Å². The summed E-state index contributed by atoms with van der Waals surface area (Å²) in [7, 11) is 1.59. The van der Waals surface area contributed by atoms with E-state index in [4.69, 9.17) is 30.5 Å². The zero-order chi connectivity index (χ0) is 21.1. The molecule has 0 aromatic heterocycles. The predicted octanol–water partition coefficient (Wildman–Crippen LogP) is 5.06. The first-order valence-electron chi connectivity index (χ1n) is 9.81. The van der Waals surface area contributed by atoms with Gasteiger partial charge in [0.05, 0.1) is 25.7 Å². The van der Waals surface area contributed by atoms with E-state index in [1.807, 2.05) is 0 Å². The lowest BCUT2D eigenvalue weighted by Gasteiger charge is -2.37. The molecule has 2 aliphatic rings. The monoisotopic (exact) mass is 432 g/mol. The number of carbonyl (C=O) groups is 1. The molecule has 0 bridgehead atoms. The molecule has 0 N–H and O–H groups in total. The third-order valence-electron chi connectivity index (χ3n) is 5.49. The zero-order valence-corrected chi connectivity index (χ0v) is 17.2. The van der Waals surface area contributed by atoms with Crippen molar-refractivity contribution in [1.29, 1.82) is 0 Å². The van der Waals surface area contributed by atoms with Gasteiger partial charge in [0.25, 0.3) is 0 Å². The fraction of sp³-hybridized carbons (Fsp3) is 0.348. The van der Waals surface area contributed by atoms with Gasteiger partial charge in [-0.2, -0.15) is 0 Å². The molecule has 2 aromatic carbocycles. The van der Waals surface area contributed by atoms with Gasteiger partial charge in [-0.1, -0.05) is 17.7 Å². The standard InChI is InChI=1S/C23H22ClFO5/c1-27-14-5-7-15(8-6-14)30-22-13-29-21-11-16(9-10-17(21)23(22)26)28-12-18-19(24)3-2-4-20(18)25/h2-8,13,16-17,21H,9-12H2,1H3. The Balaban J connectivity index is 1.36. The second kappa shape index (κ2) is 9.06. The van der Waals surface area contributed by atoms with Gasteiger partial charge in [-0.25, -0.2) is 4.39 Å². The highest BCUT2D eigenvalue weighted by molar-refractivity contribution is 6.31. The summed E-state index contributed by atoms with van der Waals surface area (Å²) in [6.07, 6.45) is 2.81. The Hall–Kier alpha value is -2.57. The number of rotatable bonds is 6. The van der Waals surface area contributed by atoms with Crippen LogP contribution in [0.5, 0.6) is 11.5 Å². The van der Waals surface area contributed by atoms with Crippen molar-refractivity contribution in [1.82, 2.24) is 0 Å². The minimum Gasteiger partial charge on any atom is -0.497 e. The molecule has 3 atom stereocenters. The summed E-state index contributed by atoms with van der Waals surface area (Å²) in [5.74, 6) is 0.703. The molecule has 7 heteroatoms. The first-order chi connectivity index (χ1) is 14.5. The molecule has 0 spiro atoms. The molecule has 5 nitrogen and oxygen atoms in total. The Labute approximate surface area is 179 Å². The minimum absolute atomic E-state index is 0.0716. The Morgan fingerprint density at radius 3 is 2.63 bits per heavy atom. The van der Waals surface area contributed by atoms with E-state index >= 15 is 0 Å². The average molecular weight is 433 g/mol. The Morgan fingerprint density at radius 2 is 1.90 bits per heavy atom. The molecule has 0 radical (unpaired) electrons. The normalized spacial score (nSPS) is 23.2. The van der Waals surface area contributed by atoms with Crippen molar-refractivity contribution in [3.8, 4) is 11.5 Å². The molecule has 2 aromatic rings. The van der Waals surface area contributed by atoms with Crippen LogP contribution in [0.1, 0.15) is 24.8 Å². The number of ether oxygens (including phenoxy) is 4. The number of hydrogen-bond acceptors (Lipinski definition) is 5. The summed E-state index contributed by atoms with van der Waals surface area (Å²) >= 11 is 6.06. The Bertz CT molecular complexity index is 923. The summed E-state index contributed by atoms with van der Waals surface area (Å²) in [5.41, 5.74) is 0.344. The number of ketones is 1. The second-order valence-electron chi connectivity index (χ2n) is 7.35. The molecule has 1 fully saturated rings. The van der Waals surface area contributed by atoms with E-state index in [-0.39, 0.29) is 42.1 Å². The molecular formula is C23H22ClFO5. The van der Waals surface area contributed by atoms with E-state index in [0.29, 0.717) is 41.3 Å². The number of Topliss-reactive ketones (excluding diaryl/α,β-unsaturated/α-hetero) is 1. The van der Waals surface area contributed by atoms with Crippen molar-refractivity contribution < 1.29 is 28.1 Å². The number of carbonyl (C=O) groups excluding carboxylic acids is 1. The maximum Gasteiger partial charge on any atom is 0.207 e. The number of halogens is 2. The molecule has 0 amide bonds. The molecule has 1 heterocycles. The van der Waals surface area contributed by atoms with Crippen LogP contribution < -0.4 is 9.47 Å². The van der Waals surface area contributed by atoms with Crippen LogP contribution in [0.15, 0.2) is 54.5 Å². The van der Waals surface area contributed by atoms with Crippen molar-refractivity contribution in [3.05, 3.63) is 70.9 Å². The van der Waals surface area contributed by atoms with E-state index in [1.165, 1.54) is 12.3 Å². The van der Waals surface area contributed by atoms with Crippen LogP contribution in [0.25, 0.3) is 0 Å². The quantitative estimate of drug-likeness (QED) is 0.638. The van der Waals surface area contributed by atoms with Gasteiger partial charge in [0, 0.05) is 17.0 Å². The van der Waals surface area contributed by atoms with Gasteiger partial charge in [-0.05, 0) is 49.2 Å². The van der Waals surface area contributed by atoms with Gasteiger partial charge >= 0.3 is 0 Å². The SMILES string of the molecule is COc1ccc(OC2=COC3CC(OCc4c(F)cccc4Cl)CCC3C2=O)cc1. The summed E-state index contributed by atoms with van der Waals surface area (Å²) in [5, 5.41) is 0.344. The zero-order valence-electron chi connectivity index (χ0n) is 16.5. The molecular weight excluding hydrogens is 411 g/mol. The Kier molecular flexibility index (Phi) is 6.25. The summed E-state index contributed by atoms with van der Waals surface area (Å²) in [6.45, 7) is 0.0865. The van der Waals surface area contributed by atoms with Crippen LogP contribution in [0.4, 0.5) is 4.39 Å². The third-order valence-corrected chi connectivity index (χ3v) is 5.84. The third kappa shape index (κ3) is 4.45. The first-order valence-corrected chi connectivity index (χ1v) is 10.2. The van der Waals surface area contributed by atoms with Crippen LogP contribution in [-0.4, -0.2) is 25.1 Å². The highest BCUT2D eigenvalue weighted by Crippen LogP contribution is 2.36. The Morgan fingerprint density at radius 1 is 1.13 bits per heavy atom. The van der Waals surface area contributed by atoms with Crippen LogP contribution >= 0.6 is 11.6 Å². The van der Waals surface area contributed by atoms with Gasteiger partial charge in [-0.3, -0.25) is 4.79 Å². The number of benzene rings is 2. The largest absolute Gasteiger partial charge is 0.497 e. The van der Waals surface area contributed by atoms with Crippen molar-refractivity contribution >= 4 is 17.4 Å². The molecule has 158 valence electrons. The molecule has 3 unspecified atom stereocenters. The lowest BCUT2D eigenvalue weighted by atomic mass is 9.80. The summed E-state index contributed by atoms with van der Waals surface area (Å²) in [6, 6.07) is 11.5. The van der Waals surface area contributed by atoms with Gasteiger partial charge in [0.15, 0.2) is 0 Å². The maximum atomic E-state index is 13.9. The fourth-order valence-corrected chi connectivity index (χ4v) is 4.02. The van der Waals surface area contributed by atoms with Crippen molar-refractivity contribution in [3.63, 3.8) is 0 Å². The molecule has 4 rings (SSSR count). The summed E-state index contributed by atoms with van der Waals surface area (Å²) < 4.78 is 36.4. The average Bonchev–Trinajstić information content (AvgIpc) is 2.76. The summed E-state index contributed by atoms with van der Waals surface area (Å²) in [4.78, 5) is 12.9.